The second-order valence-corrected chi connectivity index (χ2v) is 6.23. The Morgan fingerprint density at radius 2 is 1.67 bits per heavy atom. The lowest BCUT2D eigenvalue weighted by Crippen LogP contribution is -2.43. The Hall–Kier alpha value is -2.41. The Labute approximate surface area is 142 Å². The number of quaternary nitrogens is 1. The number of hydrogen-bond donors (Lipinski definition) is 2. The van der Waals surface area contributed by atoms with Gasteiger partial charge in [-0.1, -0.05) is 30.4 Å². The molecule has 0 aliphatic heterocycles. The fraction of sp³-hybridized carbons (Fsp3) is 0.471. The van der Waals surface area contributed by atoms with E-state index in [0.717, 1.165) is 6.08 Å². The SMILES string of the molecule is C[N+](C)(C)CC(CC(=O)O)OC(=O)CC/C=C/C=C/C=C/C(=O)O. The lowest BCUT2D eigenvalue weighted by Gasteiger charge is -2.28. The van der Waals surface area contributed by atoms with Gasteiger partial charge in [0.1, 0.15) is 6.54 Å². The highest BCUT2D eigenvalue weighted by Gasteiger charge is 2.24. The minimum absolute atomic E-state index is 0.155. The summed E-state index contributed by atoms with van der Waals surface area (Å²) >= 11 is 0. The van der Waals surface area contributed by atoms with Crippen LogP contribution >= 0.6 is 0 Å². The minimum atomic E-state index is -1.02. The Morgan fingerprint density at radius 1 is 1.04 bits per heavy atom. The molecule has 2 N–H and O–H groups in total. The van der Waals surface area contributed by atoms with Crippen molar-refractivity contribution in [2.24, 2.45) is 0 Å². The normalized spacial score (nSPS) is 13.6. The molecule has 1 unspecified atom stereocenters. The van der Waals surface area contributed by atoms with Gasteiger partial charge in [-0.05, 0) is 6.42 Å². The van der Waals surface area contributed by atoms with E-state index in [1.807, 2.05) is 21.1 Å². The number of ether oxygens (including phenoxy) is 1. The van der Waals surface area contributed by atoms with Crippen LogP contribution in [0.1, 0.15) is 19.3 Å². The summed E-state index contributed by atoms with van der Waals surface area (Å²) in [4.78, 5) is 32.8. The number of aliphatic carboxylic acids is 2. The zero-order valence-corrected chi connectivity index (χ0v) is 14.3. The van der Waals surface area contributed by atoms with Gasteiger partial charge in [-0.3, -0.25) is 9.59 Å². The zero-order chi connectivity index (χ0) is 18.6. The smallest absolute Gasteiger partial charge is 0.328 e. The third kappa shape index (κ3) is 14.5. The van der Waals surface area contributed by atoms with E-state index in [1.165, 1.54) is 6.08 Å². The minimum Gasteiger partial charge on any atom is -0.481 e. The molecule has 0 saturated heterocycles. The van der Waals surface area contributed by atoms with Gasteiger partial charge in [-0.15, -0.1) is 0 Å². The highest BCUT2D eigenvalue weighted by atomic mass is 16.5. The molecule has 7 heteroatoms. The molecule has 0 fully saturated rings. The number of allylic oxidation sites excluding steroid dienone is 5. The summed E-state index contributed by atoms with van der Waals surface area (Å²) in [5, 5.41) is 17.3. The summed E-state index contributed by atoms with van der Waals surface area (Å²) < 4.78 is 5.74. The maximum Gasteiger partial charge on any atom is 0.328 e. The van der Waals surface area contributed by atoms with Crippen molar-refractivity contribution in [2.45, 2.75) is 25.4 Å². The van der Waals surface area contributed by atoms with E-state index in [1.54, 1.807) is 24.3 Å². The standard InChI is InChI=1S/C17H25NO6/c1-18(2,3)13-14(12-16(21)22)24-17(23)11-9-7-5-4-6-8-10-15(19)20/h4-8,10,14H,9,11-13H2,1-3H3,(H-,19,20,21,22)/p+1/b6-4+,7-5+,10-8+. The van der Waals surface area contributed by atoms with Crippen LogP contribution in [-0.4, -0.2) is 66.4 Å². The summed E-state index contributed by atoms with van der Waals surface area (Å²) in [5.74, 6) is -2.45. The van der Waals surface area contributed by atoms with Gasteiger partial charge < -0.3 is 19.4 Å². The highest BCUT2D eigenvalue weighted by molar-refractivity contribution is 5.80. The number of carbonyl (C=O) groups is 3. The quantitative estimate of drug-likeness (QED) is 0.256. The van der Waals surface area contributed by atoms with Crippen molar-refractivity contribution in [3.05, 3.63) is 36.5 Å². The highest BCUT2D eigenvalue weighted by Crippen LogP contribution is 2.07. The largest absolute Gasteiger partial charge is 0.481 e. The molecular weight excluding hydrogens is 314 g/mol. The molecule has 0 rings (SSSR count). The van der Waals surface area contributed by atoms with Crippen LogP contribution in [-0.2, 0) is 19.1 Å². The van der Waals surface area contributed by atoms with Crippen LogP contribution in [0.5, 0.6) is 0 Å². The molecule has 0 radical (unpaired) electrons. The molecule has 0 spiro atoms. The summed E-state index contributed by atoms with van der Waals surface area (Å²) in [6.07, 6.45) is 8.80. The van der Waals surface area contributed by atoms with Crippen LogP contribution < -0.4 is 0 Å². The molecule has 1 atom stereocenters. The second-order valence-electron chi connectivity index (χ2n) is 6.23. The molecule has 0 aromatic heterocycles. The first-order chi connectivity index (χ1) is 11.1. The average molecular weight is 340 g/mol. The number of esters is 1. The lowest BCUT2D eigenvalue weighted by atomic mass is 10.2. The predicted molar refractivity (Wildman–Crippen MR) is 89.3 cm³/mol. The third-order valence-electron chi connectivity index (χ3n) is 2.68. The molecule has 7 nitrogen and oxygen atoms in total. The predicted octanol–water partition coefficient (Wildman–Crippen LogP) is 1.61. The molecule has 0 aliphatic carbocycles. The van der Waals surface area contributed by atoms with E-state index in [4.69, 9.17) is 14.9 Å². The van der Waals surface area contributed by atoms with Gasteiger partial charge in [-0.2, -0.15) is 0 Å². The Kier molecular flexibility index (Phi) is 10.1. The summed E-state index contributed by atoms with van der Waals surface area (Å²) in [6, 6.07) is 0. The first-order valence-corrected chi connectivity index (χ1v) is 7.54. The Morgan fingerprint density at radius 3 is 2.21 bits per heavy atom. The fourth-order valence-corrected chi connectivity index (χ4v) is 1.84. The van der Waals surface area contributed by atoms with Gasteiger partial charge in [0.25, 0.3) is 0 Å². The van der Waals surface area contributed by atoms with Gasteiger partial charge in [0.2, 0.25) is 0 Å². The van der Waals surface area contributed by atoms with E-state index in [9.17, 15) is 14.4 Å². The van der Waals surface area contributed by atoms with Crippen molar-refractivity contribution >= 4 is 17.9 Å². The molecule has 0 aromatic carbocycles. The van der Waals surface area contributed by atoms with E-state index >= 15 is 0 Å². The molecule has 0 bridgehead atoms. The first-order valence-electron chi connectivity index (χ1n) is 7.54. The molecule has 0 heterocycles. The lowest BCUT2D eigenvalue weighted by molar-refractivity contribution is -0.873. The maximum absolute atomic E-state index is 11.8. The Balaban J connectivity index is 4.24. The zero-order valence-electron chi connectivity index (χ0n) is 14.3. The average Bonchev–Trinajstić information content (AvgIpc) is 2.38. The molecule has 24 heavy (non-hydrogen) atoms. The van der Waals surface area contributed by atoms with Crippen LogP contribution in [0.4, 0.5) is 0 Å². The molecule has 0 aliphatic rings. The molecule has 0 aromatic rings. The van der Waals surface area contributed by atoms with Crippen LogP contribution in [0.2, 0.25) is 0 Å². The van der Waals surface area contributed by atoms with Crippen LogP contribution in [0, 0.1) is 0 Å². The Bertz CT molecular complexity index is 514. The maximum atomic E-state index is 11.8. The number of carbonyl (C=O) groups excluding carboxylic acids is 1. The third-order valence-corrected chi connectivity index (χ3v) is 2.68. The van der Waals surface area contributed by atoms with Gasteiger partial charge in [0, 0.05) is 12.5 Å². The number of likely N-dealkylation sites (N-methyl/N-ethyl adjacent to an activating group) is 1. The molecular formula is C17H26NO6+. The van der Waals surface area contributed by atoms with Gasteiger partial charge in [0.05, 0.1) is 27.6 Å². The van der Waals surface area contributed by atoms with E-state index < -0.39 is 24.0 Å². The van der Waals surface area contributed by atoms with Gasteiger partial charge in [-0.25, -0.2) is 4.79 Å². The van der Waals surface area contributed by atoms with E-state index in [2.05, 4.69) is 0 Å². The second kappa shape index (κ2) is 11.2. The topological polar surface area (TPSA) is 101 Å². The van der Waals surface area contributed by atoms with E-state index in [0.29, 0.717) is 17.4 Å². The number of carboxylic acids is 2. The van der Waals surface area contributed by atoms with Gasteiger partial charge in [0.15, 0.2) is 6.10 Å². The monoisotopic (exact) mass is 340 g/mol. The van der Waals surface area contributed by atoms with Crippen LogP contribution in [0.25, 0.3) is 0 Å². The van der Waals surface area contributed by atoms with Crippen LogP contribution in [0.3, 0.4) is 0 Å². The number of hydrogen-bond acceptors (Lipinski definition) is 4. The van der Waals surface area contributed by atoms with E-state index in [-0.39, 0.29) is 12.8 Å². The van der Waals surface area contributed by atoms with Crippen molar-refractivity contribution in [3.63, 3.8) is 0 Å². The number of nitrogens with zero attached hydrogens (tertiary/aromatic N) is 1. The number of carboxylic acid groups (broad SMARTS) is 2. The first kappa shape index (κ1) is 21.6. The van der Waals surface area contributed by atoms with Crippen molar-refractivity contribution < 1.29 is 33.8 Å². The number of rotatable bonds is 11. The van der Waals surface area contributed by atoms with Crippen molar-refractivity contribution in [3.8, 4) is 0 Å². The van der Waals surface area contributed by atoms with Crippen molar-refractivity contribution in [2.75, 3.05) is 27.7 Å². The van der Waals surface area contributed by atoms with Crippen LogP contribution in [0.15, 0.2) is 36.5 Å². The van der Waals surface area contributed by atoms with Crippen molar-refractivity contribution in [1.29, 1.82) is 0 Å². The van der Waals surface area contributed by atoms with Gasteiger partial charge >= 0.3 is 17.9 Å². The summed E-state index contributed by atoms with van der Waals surface area (Å²) in [5.41, 5.74) is 0. The fourth-order valence-electron chi connectivity index (χ4n) is 1.84. The summed E-state index contributed by atoms with van der Waals surface area (Å²) in [7, 11) is 5.70. The molecule has 0 saturated carbocycles. The summed E-state index contributed by atoms with van der Waals surface area (Å²) in [6.45, 7) is 0.423. The molecule has 0 amide bonds. The molecule has 134 valence electrons. The van der Waals surface area contributed by atoms with Crippen molar-refractivity contribution in [1.82, 2.24) is 0 Å².